The molecule has 0 spiro atoms. The summed E-state index contributed by atoms with van der Waals surface area (Å²) in [6.45, 7) is 5.12. The van der Waals surface area contributed by atoms with Crippen molar-refractivity contribution < 1.29 is 13.2 Å². The largest absolute Gasteiger partial charge is 0.380 e. The van der Waals surface area contributed by atoms with Crippen molar-refractivity contribution in [3.8, 4) is 6.07 Å². The summed E-state index contributed by atoms with van der Waals surface area (Å²) in [6.07, 6.45) is 0. The highest BCUT2D eigenvalue weighted by Crippen LogP contribution is 2.19. The van der Waals surface area contributed by atoms with Crippen LogP contribution in [0.1, 0.15) is 19.4 Å². The third-order valence-electron chi connectivity index (χ3n) is 2.36. The van der Waals surface area contributed by atoms with E-state index in [1.54, 1.807) is 0 Å². The number of nitrogens with zero attached hydrogens (tertiary/aromatic N) is 1. The number of hydrogen-bond donors (Lipinski definition) is 1. The molecule has 0 saturated heterocycles. The van der Waals surface area contributed by atoms with E-state index in [-0.39, 0.29) is 22.0 Å². The van der Waals surface area contributed by atoms with Crippen molar-refractivity contribution in [3.05, 3.63) is 28.8 Å². The Morgan fingerprint density at radius 1 is 1.45 bits per heavy atom. The van der Waals surface area contributed by atoms with Gasteiger partial charge in [0.1, 0.15) is 6.07 Å². The molecule has 0 fully saturated rings. The van der Waals surface area contributed by atoms with Gasteiger partial charge in [0, 0.05) is 13.2 Å². The van der Waals surface area contributed by atoms with Gasteiger partial charge in [-0.2, -0.15) is 5.26 Å². The summed E-state index contributed by atoms with van der Waals surface area (Å²) in [7, 11) is -3.63. The van der Waals surface area contributed by atoms with Gasteiger partial charge in [0.25, 0.3) is 0 Å². The lowest BCUT2D eigenvalue weighted by atomic mass is 10.2. The average molecular weight is 317 g/mol. The minimum atomic E-state index is -3.63. The Hall–Kier alpha value is -1.13. The summed E-state index contributed by atoms with van der Waals surface area (Å²) in [5, 5.41) is 8.86. The number of nitrogens with one attached hydrogen (secondary N) is 1. The first-order valence-corrected chi connectivity index (χ1v) is 8.00. The molecular weight excluding hydrogens is 300 g/mol. The molecule has 0 bridgehead atoms. The van der Waals surface area contributed by atoms with E-state index in [4.69, 9.17) is 21.6 Å². The second-order valence-corrected chi connectivity index (χ2v) is 6.79. The van der Waals surface area contributed by atoms with Crippen LogP contribution in [0.15, 0.2) is 23.1 Å². The molecule has 0 saturated carbocycles. The predicted octanol–water partition coefficient (Wildman–Crippen LogP) is 2.16. The topological polar surface area (TPSA) is 79.2 Å². The molecule has 0 amide bonds. The molecule has 1 aromatic rings. The monoisotopic (exact) mass is 316 g/mol. The number of ether oxygens (including phenoxy) is 1. The normalized spacial score (nSPS) is 11.6. The van der Waals surface area contributed by atoms with Crippen molar-refractivity contribution >= 4 is 21.6 Å². The summed E-state index contributed by atoms with van der Waals surface area (Å²) < 4.78 is 31.7. The number of halogens is 1. The van der Waals surface area contributed by atoms with E-state index >= 15 is 0 Å². The number of hydrogen-bond acceptors (Lipinski definition) is 4. The molecule has 7 heteroatoms. The lowest BCUT2D eigenvalue weighted by molar-refractivity contribution is 0.114. The van der Waals surface area contributed by atoms with Gasteiger partial charge in [0.15, 0.2) is 0 Å². The van der Waals surface area contributed by atoms with E-state index in [1.165, 1.54) is 18.2 Å². The Morgan fingerprint density at radius 3 is 2.70 bits per heavy atom. The molecule has 0 radical (unpaired) electrons. The highest BCUT2D eigenvalue weighted by atomic mass is 35.5. The van der Waals surface area contributed by atoms with Crippen LogP contribution in [0, 0.1) is 17.2 Å². The number of rotatable bonds is 7. The molecule has 20 heavy (non-hydrogen) atoms. The van der Waals surface area contributed by atoms with Crippen molar-refractivity contribution in [2.24, 2.45) is 5.92 Å². The van der Waals surface area contributed by atoms with Gasteiger partial charge in [-0.25, -0.2) is 13.1 Å². The number of sulfonamides is 1. The highest BCUT2D eigenvalue weighted by molar-refractivity contribution is 7.89. The zero-order valence-electron chi connectivity index (χ0n) is 11.4. The van der Waals surface area contributed by atoms with E-state index in [0.29, 0.717) is 19.1 Å². The van der Waals surface area contributed by atoms with E-state index in [1.807, 2.05) is 19.9 Å². The molecule has 0 unspecified atom stereocenters. The van der Waals surface area contributed by atoms with Crippen LogP contribution in [0.5, 0.6) is 0 Å². The second kappa shape index (κ2) is 7.60. The summed E-state index contributed by atoms with van der Waals surface area (Å²) in [4.78, 5) is 0.0327. The number of nitriles is 1. The second-order valence-electron chi connectivity index (χ2n) is 4.62. The van der Waals surface area contributed by atoms with E-state index in [0.717, 1.165) is 0 Å². The van der Waals surface area contributed by atoms with Crippen molar-refractivity contribution in [2.45, 2.75) is 18.7 Å². The fourth-order valence-corrected chi connectivity index (χ4v) is 2.73. The molecule has 0 aliphatic rings. The van der Waals surface area contributed by atoms with Gasteiger partial charge in [-0.05, 0) is 24.1 Å². The van der Waals surface area contributed by atoms with Crippen molar-refractivity contribution in [3.63, 3.8) is 0 Å². The molecule has 0 aromatic heterocycles. The highest BCUT2D eigenvalue weighted by Gasteiger charge is 2.15. The Bertz CT molecular complexity index is 594. The maximum Gasteiger partial charge on any atom is 0.240 e. The molecule has 0 aliphatic heterocycles. The molecule has 1 rings (SSSR count). The summed E-state index contributed by atoms with van der Waals surface area (Å²) >= 11 is 5.81. The summed E-state index contributed by atoms with van der Waals surface area (Å²) in [5.74, 6) is 0.406. The average Bonchev–Trinajstić information content (AvgIpc) is 2.37. The molecule has 0 atom stereocenters. The van der Waals surface area contributed by atoms with Gasteiger partial charge in [0.05, 0.1) is 22.1 Å². The fraction of sp³-hybridized carbons (Fsp3) is 0.462. The number of benzene rings is 1. The maximum atomic E-state index is 12.0. The van der Waals surface area contributed by atoms with Crippen LogP contribution in [-0.2, 0) is 14.8 Å². The van der Waals surface area contributed by atoms with E-state index < -0.39 is 10.0 Å². The van der Waals surface area contributed by atoms with Crippen LogP contribution in [0.4, 0.5) is 0 Å². The third kappa shape index (κ3) is 5.10. The Morgan fingerprint density at radius 2 is 2.15 bits per heavy atom. The van der Waals surface area contributed by atoms with Crippen LogP contribution in [0.3, 0.4) is 0 Å². The SMILES string of the molecule is CC(C)COCCNS(=O)(=O)c1ccc(C#N)c(Cl)c1. The van der Waals surface area contributed by atoms with Crippen LogP contribution < -0.4 is 4.72 Å². The first-order valence-electron chi connectivity index (χ1n) is 6.14. The molecule has 0 heterocycles. The van der Waals surface area contributed by atoms with E-state index in [2.05, 4.69) is 4.72 Å². The Balaban J connectivity index is 2.61. The molecule has 0 aliphatic carbocycles. The molecule has 1 aromatic carbocycles. The fourth-order valence-electron chi connectivity index (χ4n) is 1.40. The first-order chi connectivity index (χ1) is 9.36. The quantitative estimate of drug-likeness (QED) is 0.782. The van der Waals surface area contributed by atoms with E-state index in [9.17, 15) is 8.42 Å². The Kier molecular flexibility index (Phi) is 6.43. The van der Waals surface area contributed by atoms with Crippen molar-refractivity contribution in [2.75, 3.05) is 19.8 Å². The maximum absolute atomic E-state index is 12.0. The first kappa shape index (κ1) is 16.9. The van der Waals surface area contributed by atoms with Gasteiger partial charge in [-0.1, -0.05) is 25.4 Å². The van der Waals surface area contributed by atoms with Gasteiger partial charge in [-0.3, -0.25) is 0 Å². The molecule has 110 valence electrons. The van der Waals surface area contributed by atoms with Gasteiger partial charge in [-0.15, -0.1) is 0 Å². The standard InChI is InChI=1S/C13H17ClN2O3S/c1-10(2)9-19-6-5-16-20(17,18)12-4-3-11(8-15)13(14)7-12/h3-4,7,10,16H,5-6,9H2,1-2H3. The minimum Gasteiger partial charge on any atom is -0.380 e. The van der Waals surface area contributed by atoms with Crippen LogP contribution in [0.2, 0.25) is 5.02 Å². The summed E-state index contributed by atoms with van der Waals surface area (Å²) in [5.41, 5.74) is 0.242. The predicted molar refractivity (Wildman–Crippen MR) is 77.0 cm³/mol. The third-order valence-corrected chi connectivity index (χ3v) is 4.13. The molecule has 1 N–H and O–H groups in total. The zero-order valence-corrected chi connectivity index (χ0v) is 13.0. The molecule has 5 nitrogen and oxygen atoms in total. The van der Waals surface area contributed by atoms with Gasteiger partial charge >= 0.3 is 0 Å². The van der Waals surface area contributed by atoms with Crippen LogP contribution >= 0.6 is 11.6 Å². The Labute approximate surface area is 124 Å². The molecular formula is C13H17ClN2O3S. The lowest BCUT2D eigenvalue weighted by Gasteiger charge is -2.09. The smallest absolute Gasteiger partial charge is 0.240 e. The van der Waals surface area contributed by atoms with Crippen molar-refractivity contribution in [1.82, 2.24) is 4.72 Å². The lowest BCUT2D eigenvalue weighted by Crippen LogP contribution is -2.27. The van der Waals surface area contributed by atoms with Gasteiger partial charge in [0.2, 0.25) is 10.0 Å². The summed E-state index contributed by atoms with van der Waals surface area (Å²) in [6, 6.07) is 5.87. The van der Waals surface area contributed by atoms with Crippen LogP contribution in [-0.4, -0.2) is 28.2 Å². The zero-order chi connectivity index (χ0) is 15.2. The van der Waals surface area contributed by atoms with Crippen molar-refractivity contribution in [1.29, 1.82) is 5.26 Å². The van der Waals surface area contributed by atoms with Crippen LogP contribution in [0.25, 0.3) is 0 Å². The van der Waals surface area contributed by atoms with Gasteiger partial charge < -0.3 is 4.74 Å². The minimum absolute atomic E-state index is 0.0327.